The van der Waals surface area contributed by atoms with Gasteiger partial charge in [-0.3, -0.25) is 9.10 Å². The summed E-state index contributed by atoms with van der Waals surface area (Å²) in [5.74, 6) is -0.00485. The zero-order valence-electron chi connectivity index (χ0n) is 16.7. The Bertz CT molecular complexity index is 1140. The summed E-state index contributed by atoms with van der Waals surface area (Å²) in [5.41, 5.74) is 2.85. The van der Waals surface area contributed by atoms with Crippen LogP contribution in [0.4, 0.5) is 5.69 Å². The maximum absolute atomic E-state index is 13.0. The van der Waals surface area contributed by atoms with E-state index < -0.39 is 10.0 Å². The predicted octanol–water partition coefficient (Wildman–Crippen LogP) is 2.55. The molecule has 7 nitrogen and oxygen atoms in total. The number of nitrogens with zero attached hydrogens (tertiary/aromatic N) is 3. The van der Waals surface area contributed by atoms with Gasteiger partial charge >= 0.3 is 0 Å². The van der Waals surface area contributed by atoms with Crippen LogP contribution in [0.1, 0.15) is 24.0 Å². The Morgan fingerprint density at radius 2 is 1.87 bits per heavy atom. The van der Waals surface area contributed by atoms with Crippen LogP contribution in [0.3, 0.4) is 0 Å². The molecule has 0 unspecified atom stereocenters. The van der Waals surface area contributed by atoms with Crippen LogP contribution in [0, 0.1) is 0 Å². The van der Waals surface area contributed by atoms with Gasteiger partial charge in [0, 0.05) is 19.3 Å². The number of para-hydroxylation sites is 1. The molecule has 8 heteroatoms. The molecule has 30 heavy (non-hydrogen) atoms. The highest BCUT2D eigenvalue weighted by atomic mass is 32.2. The highest BCUT2D eigenvalue weighted by molar-refractivity contribution is 7.92. The van der Waals surface area contributed by atoms with Gasteiger partial charge in [-0.2, -0.15) is 8.42 Å². The summed E-state index contributed by atoms with van der Waals surface area (Å²) >= 11 is 0. The number of amides is 1. The number of carbonyl (C=O) groups is 1. The first-order valence-electron chi connectivity index (χ1n) is 9.89. The molecule has 0 radical (unpaired) electrons. The summed E-state index contributed by atoms with van der Waals surface area (Å²) in [6, 6.07) is 17.4. The van der Waals surface area contributed by atoms with Gasteiger partial charge in [-0.15, -0.1) is 0 Å². The molecule has 1 aromatic heterocycles. The third kappa shape index (κ3) is 4.09. The van der Waals surface area contributed by atoms with Gasteiger partial charge in [0.25, 0.3) is 10.0 Å². The number of hydrogen-bond acceptors (Lipinski definition) is 4. The van der Waals surface area contributed by atoms with Crippen molar-refractivity contribution < 1.29 is 13.2 Å². The average Bonchev–Trinajstić information content (AvgIpc) is 3.40. The number of benzene rings is 2. The molecule has 1 N–H and O–H groups in total. The first kappa shape index (κ1) is 20.2. The van der Waals surface area contributed by atoms with Crippen LogP contribution in [0.15, 0.2) is 72.1 Å². The molecule has 4 rings (SSSR count). The van der Waals surface area contributed by atoms with Crippen LogP contribution < -0.4 is 9.62 Å². The van der Waals surface area contributed by atoms with Gasteiger partial charge in [0.2, 0.25) is 5.91 Å². The second kappa shape index (κ2) is 8.31. The summed E-state index contributed by atoms with van der Waals surface area (Å²) in [4.78, 5) is 16.4. The highest BCUT2D eigenvalue weighted by Gasteiger charge is 2.32. The van der Waals surface area contributed by atoms with Crippen LogP contribution in [0.5, 0.6) is 0 Å². The molecule has 0 fully saturated rings. The van der Waals surface area contributed by atoms with E-state index in [2.05, 4.69) is 10.3 Å². The minimum absolute atomic E-state index is 0.0145. The number of anilines is 1. The summed E-state index contributed by atoms with van der Waals surface area (Å²) < 4.78 is 28.9. The summed E-state index contributed by atoms with van der Waals surface area (Å²) in [5, 5.41) is 2.85. The first-order valence-corrected chi connectivity index (χ1v) is 11.3. The fourth-order valence-electron chi connectivity index (χ4n) is 3.62. The van der Waals surface area contributed by atoms with Crippen LogP contribution in [-0.4, -0.2) is 37.0 Å². The topological polar surface area (TPSA) is 84.3 Å². The van der Waals surface area contributed by atoms with Crippen molar-refractivity contribution in [2.45, 2.75) is 30.8 Å². The Morgan fingerprint density at radius 1 is 1.13 bits per heavy atom. The molecule has 1 aliphatic rings. The van der Waals surface area contributed by atoms with Gasteiger partial charge in [0.05, 0.1) is 12.0 Å². The van der Waals surface area contributed by atoms with Crippen LogP contribution >= 0.6 is 0 Å². The molecule has 1 aliphatic heterocycles. The van der Waals surface area contributed by atoms with Crippen LogP contribution in [0.25, 0.3) is 0 Å². The highest BCUT2D eigenvalue weighted by Crippen LogP contribution is 2.32. The van der Waals surface area contributed by atoms with Crippen molar-refractivity contribution in [2.24, 2.45) is 0 Å². The van der Waals surface area contributed by atoms with Gasteiger partial charge in [-0.25, -0.2) is 4.98 Å². The largest absolute Gasteiger partial charge is 0.354 e. The number of carbonyl (C=O) groups excluding carboxylic acids is 1. The molecule has 2 heterocycles. The van der Waals surface area contributed by atoms with E-state index in [0.29, 0.717) is 25.2 Å². The maximum Gasteiger partial charge on any atom is 0.283 e. The zero-order chi connectivity index (χ0) is 21.1. The molecule has 1 amide bonds. The Kier molecular flexibility index (Phi) is 5.59. The zero-order valence-corrected chi connectivity index (χ0v) is 17.5. The Balaban J connectivity index is 1.39. The van der Waals surface area contributed by atoms with Gasteiger partial charge in [0.1, 0.15) is 6.54 Å². The third-order valence-corrected chi connectivity index (χ3v) is 7.01. The van der Waals surface area contributed by atoms with E-state index in [9.17, 15) is 13.2 Å². The van der Waals surface area contributed by atoms with Crippen molar-refractivity contribution in [3.8, 4) is 0 Å². The third-order valence-electron chi connectivity index (χ3n) is 5.31. The van der Waals surface area contributed by atoms with E-state index >= 15 is 0 Å². The van der Waals surface area contributed by atoms with Crippen molar-refractivity contribution >= 4 is 21.6 Å². The monoisotopic (exact) mass is 424 g/mol. The van der Waals surface area contributed by atoms with E-state index in [0.717, 1.165) is 11.1 Å². The Labute approximate surface area is 176 Å². The molecule has 0 spiro atoms. The molecule has 3 aromatic rings. The lowest BCUT2D eigenvalue weighted by atomic mass is 10.0. The van der Waals surface area contributed by atoms with E-state index in [-0.39, 0.29) is 23.4 Å². The lowest BCUT2D eigenvalue weighted by Crippen LogP contribution is -2.30. The number of sulfonamides is 1. The number of imidazole rings is 1. The van der Waals surface area contributed by atoms with Crippen LogP contribution in [-0.2, 0) is 27.8 Å². The normalized spacial score (nSPS) is 14.4. The standard InChI is InChI=1S/C22H24N4O3S/c1-17(18-7-3-2-4-8-18)13-23-21(27)14-25-15-22(24-16-25)30(28,29)26-12-11-19-9-5-6-10-20(19)26/h2-10,15-17H,11-14H2,1H3,(H,23,27)/t17-/m0/s1. The predicted molar refractivity (Wildman–Crippen MR) is 115 cm³/mol. The molecule has 0 saturated heterocycles. The van der Waals surface area contributed by atoms with Crippen molar-refractivity contribution in [3.63, 3.8) is 0 Å². The quantitative estimate of drug-likeness (QED) is 0.632. The van der Waals surface area contributed by atoms with Crippen molar-refractivity contribution in [1.82, 2.24) is 14.9 Å². The van der Waals surface area contributed by atoms with Gasteiger partial charge in [-0.1, -0.05) is 55.5 Å². The molecule has 2 aromatic carbocycles. The van der Waals surface area contributed by atoms with Crippen molar-refractivity contribution in [3.05, 3.63) is 78.2 Å². The summed E-state index contributed by atoms with van der Waals surface area (Å²) in [7, 11) is -3.76. The van der Waals surface area contributed by atoms with E-state index in [4.69, 9.17) is 0 Å². The Hall–Kier alpha value is -3.13. The average molecular weight is 425 g/mol. The van der Waals surface area contributed by atoms with E-state index in [1.165, 1.54) is 21.4 Å². The van der Waals surface area contributed by atoms with E-state index in [1.54, 1.807) is 6.07 Å². The molecular weight excluding hydrogens is 400 g/mol. The molecule has 0 aliphatic carbocycles. The van der Waals surface area contributed by atoms with Crippen molar-refractivity contribution in [2.75, 3.05) is 17.4 Å². The summed E-state index contributed by atoms with van der Waals surface area (Å²) in [6.07, 6.45) is 3.48. The van der Waals surface area contributed by atoms with Gasteiger partial charge in [0.15, 0.2) is 5.03 Å². The SMILES string of the molecule is C[C@@H](CNC(=O)Cn1cnc(S(=O)(=O)N2CCc3ccccc32)c1)c1ccccc1. The number of aromatic nitrogens is 2. The maximum atomic E-state index is 13.0. The smallest absolute Gasteiger partial charge is 0.283 e. The Morgan fingerprint density at radius 3 is 2.67 bits per heavy atom. The second-order valence-electron chi connectivity index (χ2n) is 7.46. The second-order valence-corrected chi connectivity index (χ2v) is 9.27. The lowest BCUT2D eigenvalue weighted by molar-refractivity contribution is -0.121. The molecular formula is C22H24N4O3S. The molecule has 156 valence electrons. The number of fused-ring (bicyclic) bond motifs is 1. The number of hydrogen-bond donors (Lipinski definition) is 1. The fourth-order valence-corrected chi connectivity index (χ4v) is 5.06. The van der Waals surface area contributed by atoms with E-state index in [1.807, 2.05) is 55.5 Å². The number of nitrogens with one attached hydrogen (secondary N) is 1. The van der Waals surface area contributed by atoms with Crippen LogP contribution in [0.2, 0.25) is 0 Å². The van der Waals surface area contributed by atoms with Crippen molar-refractivity contribution in [1.29, 1.82) is 0 Å². The lowest BCUT2D eigenvalue weighted by Gasteiger charge is -2.17. The van der Waals surface area contributed by atoms with Gasteiger partial charge in [-0.05, 0) is 29.5 Å². The number of rotatable bonds is 7. The summed E-state index contributed by atoms with van der Waals surface area (Å²) in [6.45, 7) is 2.96. The molecule has 1 atom stereocenters. The minimum atomic E-state index is -3.76. The molecule has 0 saturated carbocycles. The van der Waals surface area contributed by atoms with Gasteiger partial charge < -0.3 is 9.88 Å². The minimum Gasteiger partial charge on any atom is -0.354 e. The first-order chi connectivity index (χ1) is 14.4. The fraction of sp³-hybridized carbons (Fsp3) is 0.273. The molecule has 0 bridgehead atoms.